The predicted molar refractivity (Wildman–Crippen MR) is 116 cm³/mol. The molecule has 3 aromatic rings. The van der Waals surface area contributed by atoms with E-state index in [9.17, 15) is 22.8 Å². The molecular formula is C24H22F3N3O2. The molecule has 0 fully saturated rings. The quantitative estimate of drug-likeness (QED) is 0.546. The van der Waals surface area contributed by atoms with Gasteiger partial charge >= 0.3 is 0 Å². The molecule has 0 unspecified atom stereocenters. The number of nitrogens with zero attached hydrogens (tertiary/aromatic N) is 1. The standard InChI is InChI=1S/C24H22F3N3O2/c25-19-6-2-5-17(11-19)24(32)30(9-3-8-28)15-16-4-1-7-22(10-16)29-23(31)18-12-20(26)14-21(27)13-18/h1-2,4-7,10-14H,3,8-9,15,28H2,(H,29,31). The zero-order valence-electron chi connectivity index (χ0n) is 17.2. The summed E-state index contributed by atoms with van der Waals surface area (Å²) in [5.74, 6) is -3.22. The van der Waals surface area contributed by atoms with Crippen molar-refractivity contribution < 1.29 is 22.8 Å². The molecule has 2 amide bonds. The Hall–Kier alpha value is -3.65. The second-order valence-electron chi connectivity index (χ2n) is 7.19. The number of nitrogens with two attached hydrogens (primary N) is 1. The molecule has 0 saturated carbocycles. The van der Waals surface area contributed by atoms with Gasteiger partial charge in [0.1, 0.15) is 17.5 Å². The van der Waals surface area contributed by atoms with Crippen molar-refractivity contribution in [3.63, 3.8) is 0 Å². The second-order valence-corrected chi connectivity index (χ2v) is 7.19. The molecule has 0 spiro atoms. The average molecular weight is 441 g/mol. The van der Waals surface area contributed by atoms with Gasteiger partial charge in [-0.1, -0.05) is 18.2 Å². The third kappa shape index (κ3) is 6.18. The predicted octanol–water partition coefficient (Wildman–Crippen LogP) is 4.35. The Morgan fingerprint density at radius 1 is 0.844 bits per heavy atom. The maximum Gasteiger partial charge on any atom is 0.255 e. The number of benzene rings is 3. The fourth-order valence-corrected chi connectivity index (χ4v) is 3.19. The van der Waals surface area contributed by atoms with Gasteiger partial charge in [-0.05, 0) is 61.0 Å². The van der Waals surface area contributed by atoms with Crippen LogP contribution in [-0.4, -0.2) is 29.8 Å². The van der Waals surface area contributed by atoms with Gasteiger partial charge in [0.2, 0.25) is 0 Å². The zero-order valence-corrected chi connectivity index (χ0v) is 17.2. The summed E-state index contributed by atoms with van der Waals surface area (Å²) in [5.41, 5.74) is 6.76. The van der Waals surface area contributed by atoms with Crippen LogP contribution in [0.15, 0.2) is 66.7 Å². The Labute approximate surface area is 183 Å². The summed E-state index contributed by atoms with van der Waals surface area (Å²) in [6, 6.07) is 14.7. The monoisotopic (exact) mass is 441 g/mol. The smallest absolute Gasteiger partial charge is 0.255 e. The minimum Gasteiger partial charge on any atom is -0.334 e. The van der Waals surface area contributed by atoms with E-state index in [4.69, 9.17) is 5.73 Å². The van der Waals surface area contributed by atoms with Gasteiger partial charge in [0.15, 0.2) is 0 Å². The van der Waals surface area contributed by atoms with E-state index in [1.807, 2.05) is 0 Å². The highest BCUT2D eigenvalue weighted by molar-refractivity contribution is 6.04. The topological polar surface area (TPSA) is 75.4 Å². The first-order chi connectivity index (χ1) is 15.4. The Bertz CT molecular complexity index is 1100. The fourth-order valence-electron chi connectivity index (χ4n) is 3.19. The van der Waals surface area contributed by atoms with Gasteiger partial charge in [-0.25, -0.2) is 13.2 Å². The number of carbonyl (C=O) groups excluding carboxylic acids is 2. The number of amides is 2. The summed E-state index contributed by atoms with van der Waals surface area (Å²) in [4.78, 5) is 26.8. The van der Waals surface area contributed by atoms with Gasteiger partial charge in [-0.15, -0.1) is 0 Å². The number of rotatable bonds is 8. The second kappa shape index (κ2) is 10.6. The van der Waals surface area contributed by atoms with E-state index in [1.165, 1.54) is 24.3 Å². The maximum absolute atomic E-state index is 13.6. The van der Waals surface area contributed by atoms with E-state index < -0.39 is 23.4 Å². The molecular weight excluding hydrogens is 419 g/mol. The lowest BCUT2D eigenvalue weighted by Gasteiger charge is -2.23. The minimum absolute atomic E-state index is 0.154. The molecule has 3 rings (SSSR count). The van der Waals surface area contributed by atoms with Crippen LogP contribution in [0.1, 0.15) is 32.7 Å². The van der Waals surface area contributed by atoms with Crippen LogP contribution in [0.5, 0.6) is 0 Å². The van der Waals surface area contributed by atoms with Crippen molar-refractivity contribution in [3.05, 3.63) is 101 Å². The summed E-state index contributed by atoms with van der Waals surface area (Å²) in [6.07, 6.45) is 0.558. The number of anilines is 1. The van der Waals surface area contributed by atoms with Crippen LogP contribution in [0.2, 0.25) is 0 Å². The van der Waals surface area contributed by atoms with E-state index in [-0.39, 0.29) is 23.6 Å². The van der Waals surface area contributed by atoms with Gasteiger partial charge in [0.25, 0.3) is 11.8 Å². The summed E-state index contributed by atoms with van der Waals surface area (Å²) in [7, 11) is 0. The van der Waals surface area contributed by atoms with Crippen molar-refractivity contribution >= 4 is 17.5 Å². The van der Waals surface area contributed by atoms with Crippen molar-refractivity contribution in [2.75, 3.05) is 18.4 Å². The molecule has 0 saturated heterocycles. The summed E-state index contributed by atoms with van der Waals surface area (Å²) in [5, 5.41) is 2.59. The van der Waals surface area contributed by atoms with Crippen molar-refractivity contribution in [1.82, 2.24) is 4.90 Å². The lowest BCUT2D eigenvalue weighted by Crippen LogP contribution is -2.32. The lowest BCUT2D eigenvalue weighted by molar-refractivity contribution is 0.0741. The Morgan fingerprint density at radius 2 is 1.53 bits per heavy atom. The Kier molecular flexibility index (Phi) is 7.62. The number of nitrogens with one attached hydrogen (secondary N) is 1. The van der Waals surface area contributed by atoms with E-state index in [1.54, 1.807) is 29.2 Å². The molecule has 3 aromatic carbocycles. The van der Waals surface area contributed by atoms with Gasteiger partial charge in [-0.2, -0.15) is 0 Å². The summed E-state index contributed by atoms with van der Waals surface area (Å²) in [6.45, 7) is 0.950. The highest BCUT2D eigenvalue weighted by Gasteiger charge is 2.17. The van der Waals surface area contributed by atoms with Crippen molar-refractivity contribution in [2.24, 2.45) is 5.73 Å². The van der Waals surface area contributed by atoms with Gasteiger partial charge in [0, 0.05) is 36.0 Å². The first kappa shape index (κ1) is 23.0. The third-order valence-corrected chi connectivity index (χ3v) is 4.67. The number of hydrogen-bond donors (Lipinski definition) is 2. The molecule has 3 N–H and O–H groups in total. The number of carbonyl (C=O) groups is 2. The summed E-state index contributed by atoms with van der Waals surface area (Å²) < 4.78 is 40.3. The normalized spacial score (nSPS) is 10.6. The lowest BCUT2D eigenvalue weighted by atomic mass is 10.1. The van der Waals surface area contributed by atoms with Gasteiger partial charge in [0.05, 0.1) is 0 Å². The Morgan fingerprint density at radius 3 is 2.22 bits per heavy atom. The molecule has 0 radical (unpaired) electrons. The highest BCUT2D eigenvalue weighted by atomic mass is 19.1. The van der Waals surface area contributed by atoms with Crippen LogP contribution in [0.25, 0.3) is 0 Å². The summed E-state index contributed by atoms with van der Waals surface area (Å²) >= 11 is 0. The average Bonchev–Trinajstić information content (AvgIpc) is 2.75. The fraction of sp³-hybridized carbons (Fsp3) is 0.167. The molecule has 0 aliphatic heterocycles. The van der Waals surface area contributed by atoms with Crippen molar-refractivity contribution in [2.45, 2.75) is 13.0 Å². The van der Waals surface area contributed by atoms with Crippen LogP contribution in [0, 0.1) is 17.5 Å². The first-order valence-corrected chi connectivity index (χ1v) is 9.97. The van der Waals surface area contributed by atoms with Crippen molar-refractivity contribution in [1.29, 1.82) is 0 Å². The molecule has 8 heteroatoms. The molecule has 32 heavy (non-hydrogen) atoms. The molecule has 0 aromatic heterocycles. The van der Waals surface area contributed by atoms with E-state index in [0.29, 0.717) is 36.8 Å². The number of hydrogen-bond acceptors (Lipinski definition) is 3. The van der Waals surface area contributed by atoms with Crippen LogP contribution in [-0.2, 0) is 6.54 Å². The van der Waals surface area contributed by atoms with Crippen molar-refractivity contribution in [3.8, 4) is 0 Å². The van der Waals surface area contributed by atoms with Gasteiger partial charge in [-0.3, -0.25) is 9.59 Å². The highest BCUT2D eigenvalue weighted by Crippen LogP contribution is 2.17. The molecule has 0 aliphatic rings. The molecule has 0 bridgehead atoms. The SMILES string of the molecule is NCCCN(Cc1cccc(NC(=O)c2cc(F)cc(F)c2)c1)C(=O)c1cccc(F)c1. The van der Waals surface area contributed by atoms with Crippen LogP contribution in [0.3, 0.4) is 0 Å². The zero-order chi connectivity index (χ0) is 23.1. The van der Waals surface area contributed by atoms with Crippen LogP contribution < -0.4 is 11.1 Å². The van der Waals surface area contributed by atoms with Gasteiger partial charge < -0.3 is 16.0 Å². The number of halogens is 3. The van der Waals surface area contributed by atoms with E-state index >= 15 is 0 Å². The van der Waals surface area contributed by atoms with Crippen LogP contribution >= 0.6 is 0 Å². The Balaban J connectivity index is 1.77. The molecule has 0 atom stereocenters. The minimum atomic E-state index is -0.852. The van der Waals surface area contributed by atoms with E-state index in [0.717, 1.165) is 12.1 Å². The largest absolute Gasteiger partial charge is 0.334 e. The molecule has 0 aliphatic carbocycles. The molecule has 0 heterocycles. The molecule has 166 valence electrons. The molecule has 5 nitrogen and oxygen atoms in total. The maximum atomic E-state index is 13.6. The van der Waals surface area contributed by atoms with E-state index in [2.05, 4.69) is 5.32 Å². The first-order valence-electron chi connectivity index (χ1n) is 9.97. The van der Waals surface area contributed by atoms with Crippen LogP contribution in [0.4, 0.5) is 18.9 Å². The third-order valence-electron chi connectivity index (χ3n) is 4.67.